The number of hydrogen-bond donors (Lipinski definition) is 4. The molecule has 0 aliphatic carbocycles. The molecule has 2 aromatic rings. The summed E-state index contributed by atoms with van der Waals surface area (Å²) in [5.74, 6) is 0.0754. The van der Waals surface area contributed by atoms with Gasteiger partial charge in [-0.1, -0.05) is 6.07 Å². The van der Waals surface area contributed by atoms with E-state index in [9.17, 15) is 24.8 Å². The number of carbonyl (C=O) groups excluding carboxylic acids is 2. The standard InChI is InChI=1S/C29H36N6O8/c1-4-42-24-15-19(27-26(28(37)41-3)18(2)31-29(38)32-27)8-11-23(24)43-17-25(36)33-30-16-20-14-21(35(39)40)9-10-22(20)34-12-6-5-7-13-34/h8-11,14-16,25,27,33,36H,4-7,12-13,17H2,1-3H3,(H2,31,32,38)/b30-16-/t25-,27+/m0/s1. The number of urea groups is 1. The first-order valence-electron chi connectivity index (χ1n) is 14.0. The van der Waals surface area contributed by atoms with Crippen LogP contribution in [0, 0.1) is 10.1 Å². The van der Waals surface area contributed by atoms with Gasteiger partial charge >= 0.3 is 12.0 Å². The second kappa shape index (κ2) is 14.4. The largest absolute Gasteiger partial charge is 0.490 e. The molecule has 4 N–H and O–H groups in total. The van der Waals surface area contributed by atoms with E-state index in [1.807, 2.05) is 0 Å². The lowest BCUT2D eigenvalue weighted by molar-refractivity contribution is -0.384. The number of hydrazone groups is 1. The molecule has 230 valence electrons. The van der Waals surface area contributed by atoms with Crippen molar-refractivity contribution < 1.29 is 33.8 Å². The molecule has 14 heteroatoms. The lowest BCUT2D eigenvalue weighted by Crippen LogP contribution is -2.45. The summed E-state index contributed by atoms with van der Waals surface area (Å²) in [5.41, 5.74) is 5.14. The molecule has 1 fully saturated rings. The summed E-state index contributed by atoms with van der Waals surface area (Å²) in [7, 11) is 1.26. The molecule has 2 amide bonds. The molecule has 0 unspecified atom stereocenters. The summed E-state index contributed by atoms with van der Waals surface area (Å²) in [6.07, 6.45) is 3.46. The van der Waals surface area contributed by atoms with Crippen molar-refractivity contribution in [2.45, 2.75) is 45.4 Å². The molecule has 2 heterocycles. The van der Waals surface area contributed by atoms with E-state index in [4.69, 9.17) is 14.2 Å². The Morgan fingerprint density at radius 1 is 1.21 bits per heavy atom. The van der Waals surface area contributed by atoms with Crippen molar-refractivity contribution in [1.82, 2.24) is 16.1 Å². The number of nitrogens with zero attached hydrogens (tertiary/aromatic N) is 3. The Morgan fingerprint density at radius 2 is 1.98 bits per heavy atom. The highest BCUT2D eigenvalue weighted by molar-refractivity contribution is 5.95. The third kappa shape index (κ3) is 7.71. The number of nitro benzene ring substituents is 1. The smallest absolute Gasteiger partial charge is 0.337 e. The summed E-state index contributed by atoms with van der Waals surface area (Å²) in [5, 5.41) is 31.2. The molecule has 2 aromatic carbocycles. The van der Waals surface area contributed by atoms with Crippen LogP contribution in [0.4, 0.5) is 16.2 Å². The Labute approximate surface area is 248 Å². The van der Waals surface area contributed by atoms with E-state index in [1.54, 1.807) is 38.1 Å². The van der Waals surface area contributed by atoms with Gasteiger partial charge in [0.05, 0.1) is 36.5 Å². The zero-order valence-electron chi connectivity index (χ0n) is 24.3. The van der Waals surface area contributed by atoms with E-state index in [0.717, 1.165) is 38.0 Å². The lowest BCUT2D eigenvalue weighted by Gasteiger charge is -2.29. The highest BCUT2D eigenvalue weighted by Crippen LogP contribution is 2.35. The molecule has 2 atom stereocenters. The van der Waals surface area contributed by atoms with E-state index in [0.29, 0.717) is 34.9 Å². The molecule has 43 heavy (non-hydrogen) atoms. The van der Waals surface area contributed by atoms with E-state index in [2.05, 4.69) is 26.1 Å². The van der Waals surface area contributed by atoms with Crippen LogP contribution in [0.15, 0.2) is 52.8 Å². The number of aliphatic hydroxyl groups excluding tert-OH is 1. The van der Waals surface area contributed by atoms with E-state index >= 15 is 0 Å². The van der Waals surface area contributed by atoms with Crippen molar-refractivity contribution in [3.8, 4) is 11.5 Å². The average Bonchev–Trinajstić information content (AvgIpc) is 3.00. The molecule has 0 saturated carbocycles. The van der Waals surface area contributed by atoms with Gasteiger partial charge in [0.2, 0.25) is 0 Å². The van der Waals surface area contributed by atoms with Crippen LogP contribution in [0.3, 0.4) is 0 Å². The number of benzene rings is 2. The molecule has 0 spiro atoms. The zero-order valence-corrected chi connectivity index (χ0v) is 24.3. The number of nitrogens with one attached hydrogen (secondary N) is 3. The highest BCUT2D eigenvalue weighted by atomic mass is 16.6. The fraction of sp³-hybridized carbons (Fsp3) is 0.414. The Balaban J connectivity index is 1.45. The zero-order chi connectivity index (χ0) is 30.9. The first kappa shape index (κ1) is 31.1. The summed E-state index contributed by atoms with van der Waals surface area (Å²) >= 11 is 0. The van der Waals surface area contributed by atoms with Gasteiger partial charge in [0.15, 0.2) is 17.7 Å². The highest BCUT2D eigenvalue weighted by Gasteiger charge is 2.32. The van der Waals surface area contributed by atoms with Gasteiger partial charge in [-0.3, -0.25) is 15.5 Å². The number of hydrogen-bond acceptors (Lipinski definition) is 11. The van der Waals surface area contributed by atoms with E-state index in [-0.39, 0.29) is 17.9 Å². The number of ether oxygens (including phenoxy) is 3. The maximum absolute atomic E-state index is 12.4. The number of methoxy groups -OCH3 is 1. The predicted octanol–water partition coefficient (Wildman–Crippen LogP) is 3.11. The monoisotopic (exact) mass is 596 g/mol. The van der Waals surface area contributed by atoms with Crippen molar-refractivity contribution in [3.05, 3.63) is 68.9 Å². The molecule has 0 bridgehead atoms. The Hall–Kier alpha value is -4.85. The van der Waals surface area contributed by atoms with Crippen molar-refractivity contribution in [2.75, 3.05) is 38.3 Å². The molecule has 2 aliphatic rings. The molecule has 14 nitrogen and oxygen atoms in total. The van der Waals surface area contributed by atoms with Gasteiger partial charge in [-0.15, -0.1) is 0 Å². The first-order chi connectivity index (χ1) is 20.7. The quantitative estimate of drug-likeness (QED) is 0.0936. The summed E-state index contributed by atoms with van der Waals surface area (Å²) in [6, 6.07) is 8.36. The SMILES string of the molecule is CCOc1cc([C@H]2NC(=O)NC(C)=C2C(=O)OC)ccc1OC[C@H](O)N/N=C\c1cc([N+](=O)[O-])ccc1N1CCCCC1. The third-order valence-corrected chi connectivity index (χ3v) is 7.02. The normalized spacial score (nSPS) is 17.6. The Morgan fingerprint density at radius 3 is 2.67 bits per heavy atom. The predicted molar refractivity (Wildman–Crippen MR) is 158 cm³/mol. The van der Waals surface area contributed by atoms with Crippen molar-refractivity contribution in [2.24, 2.45) is 5.10 Å². The Kier molecular flexibility index (Phi) is 10.4. The fourth-order valence-corrected chi connectivity index (χ4v) is 5.00. The fourth-order valence-electron chi connectivity index (χ4n) is 5.00. The van der Waals surface area contributed by atoms with Gasteiger partial charge in [-0.25, -0.2) is 9.59 Å². The van der Waals surface area contributed by atoms with E-state index in [1.165, 1.54) is 25.5 Å². The molecular weight excluding hydrogens is 560 g/mol. The maximum Gasteiger partial charge on any atom is 0.337 e. The van der Waals surface area contributed by atoms with E-state index < -0.39 is 29.2 Å². The molecule has 4 rings (SSSR count). The third-order valence-electron chi connectivity index (χ3n) is 7.02. The van der Waals surface area contributed by atoms with Crippen molar-refractivity contribution >= 4 is 29.6 Å². The number of rotatable bonds is 12. The summed E-state index contributed by atoms with van der Waals surface area (Å²) < 4.78 is 16.4. The number of aliphatic hydroxyl groups is 1. The van der Waals surface area contributed by atoms with Crippen LogP contribution in [0.1, 0.15) is 50.3 Å². The van der Waals surface area contributed by atoms with Gasteiger partial charge in [0.25, 0.3) is 5.69 Å². The average molecular weight is 597 g/mol. The molecule has 2 aliphatic heterocycles. The summed E-state index contributed by atoms with van der Waals surface area (Å²) in [4.78, 5) is 37.6. The molecule has 0 radical (unpaired) electrons. The topological polar surface area (TPSA) is 177 Å². The first-order valence-corrected chi connectivity index (χ1v) is 14.0. The lowest BCUT2D eigenvalue weighted by atomic mass is 9.95. The van der Waals surface area contributed by atoms with Crippen LogP contribution in [-0.4, -0.2) is 67.9 Å². The maximum atomic E-state index is 12.4. The van der Waals surface area contributed by atoms with Crippen molar-refractivity contribution in [3.63, 3.8) is 0 Å². The number of anilines is 1. The van der Waals surface area contributed by atoms with Crippen LogP contribution in [-0.2, 0) is 9.53 Å². The number of nitro groups is 1. The van der Waals surface area contributed by atoms with Gasteiger partial charge in [-0.05, 0) is 56.9 Å². The molecule has 0 aromatic heterocycles. The number of non-ortho nitro benzene ring substituents is 1. The van der Waals surface area contributed by atoms with Gasteiger partial charge < -0.3 is 34.9 Å². The second-order valence-electron chi connectivity index (χ2n) is 9.96. The molecule has 1 saturated heterocycles. The van der Waals surface area contributed by atoms with Crippen molar-refractivity contribution in [1.29, 1.82) is 0 Å². The van der Waals surface area contributed by atoms with Crippen LogP contribution in [0.25, 0.3) is 0 Å². The Bertz CT molecular complexity index is 1410. The minimum atomic E-state index is -1.22. The van der Waals surface area contributed by atoms with Gasteiger partial charge in [-0.2, -0.15) is 5.10 Å². The number of allylic oxidation sites excluding steroid dienone is 1. The van der Waals surface area contributed by atoms with Gasteiger partial charge in [0.1, 0.15) is 6.61 Å². The number of piperidine rings is 1. The number of esters is 1. The minimum Gasteiger partial charge on any atom is -0.490 e. The summed E-state index contributed by atoms with van der Waals surface area (Å²) in [6.45, 7) is 5.22. The van der Waals surface area contributed by atoms with Crippen LogP contribution in [0.5, 0.6) is 11.5 Å². The van der Waals surface area contributed by atoms with Crippen LogP contribution < -0.4 is 30.4 Å². The minimum absolute atomic E-state index is 0.0496. The van der Waals surface area contributed by atoms with Gasteiger partial charge in [0, 0.05) is 42.2 Å². The number of amides is 2. The van der Waals surface area contributed by atoms with Crippen LogP contribution >= 0.6 is 0 Å². The second-order valence-corrected chi connectivity index (χ2v) is 9.96. The number of carbonyl (C=O) groups is 2. The van der Waals surface area contributed by atoms with Crippen LogP contribution in [0.2, 0.25) is 0 Å². The molecular formula is C29H36N6O8.